The Hall–Kier alpha value is -3.59. The van der Waals surface area contributed by atoms with Crippen LogP contribution in [0.3, 0.4) is 0 Å². The minimum absolute atomic E-state index is 0.270. The fraction of sp³-hybridized carbons (Fsp3) is 0.267. The van der Waals surface area contributed by atoms with Crippen LogP contribution in [-0.2, 0) is 22.7 Å². The molecule has 1 fully saturated rings. The molecule has 5 rings (SSSR count). The zero-order valence-electron chi connectivity index (χ0n) is 21.7. The van der Waals surface area contributed by atoms with Crippen molar-refractivity contribution in [3.63, 3.8) is 0 Å². The second-order valence-corrected chi connectivity index (χ2v) is 11.8. The average Bonchev–Trinajstić information content (AvgIpc) is 2.97. The van der Waals surface area contributed by atoms with E-state index in [4.69, 9.17) is 4.74 Å². The molecule has 1 aliphatic heterocycles. The second kappa shape index (κ2) is 11.4. The highest BCUT2D eigenvalue weighted by atomic mass is 32.2. The van der Waals surface area contributed by atoms with E-state index in [2.05, 4.69) is 10.00 Å². The van der Waals surface area contributed by atoms with Crippen molar-refractivity contribution in [2.24, 2.45) is 0 Å². The van der Waals surface area contributed by atoms with E-state index >= 15 is 0 Å². The summed E-state index contributed by atoms with van der Waals surface area (Å²) < 4.78 is 22.6. The van der Waals surface area contributed by atoms with Crippen molar-refractivity contribution in [3.05, 3.63) is 119 Å². The van der Waals surface area contributed by atoms with Crippen LogP contribution in [0.4, 0.5) is 5.69 Å². The van der Waals surface area contributed by atoms with E-state index < -0.39 is 16.1 Å². The third-order valence-electron chi connectivity index (χ3n) is 6.86. The Morgan fingerprint density at radius 2 is 1.45 bits per heavy atom. The number of hydrogen-bond donors (Lipinski definition) is 0. The number of anilines is 1. The molecular weight excluding hydrogens is 496 g/mol. The van der Waals surface area contributed by atoms with Gasteiger partial charge in [0.25, 0.3) is 0 Å². The number of nitrogens with zero attached hydrogens (tertiary/aromatic N) is 4. The molecule has 0 bridgehead atoms. The van der Waals surface area contributed by atoms with E-state index in [0.29, 0.717) is 37.6 Å². The van der Waals surface area contributed by atoms with Crippen molar-refractivity contribution in [3.8, 4) is 11.4 Å². The van der Waals surface area contributed by atoms with Gasteiger partial charge in [0.1, 0.15) is 12.3 Å². The van der Waals surface area contributed by atoms with Gasteiger partial charge in [0, 0.05) is 18.7 Å². The van der Waals surface area contributed by atoms with Crippen LogP contribution < -0.4 is 15.2 Å². The third-order valence-corrected chi connectivity index (χ3v) is 8.80. The first-order chi connectivity index (χ1) is 18.4. The molecule has 2 heterocycles. The van der Waals surface area contributed by atoms with Gasteiger partial charge in [0.2, 0.25) is 5.75 Å². The summed E-state index contributed by atoms with van der Waals surface area (Å²) in [5.74, 6) is 0.270. The van der Waals surface area contributed by atoms with Crippen LogP contribution in [0.2, 0.25) is 0 Å². The number of aromatic nitrogens is 2. The number of benzene rings is 3. The smallest absolute Gasteiger partial charge is 0.316 e. The Balaban J connectivity index is 1.38. The zero-order valence-corrected chi connectivity index (χ0v) is 22.5. The van der Waals surface area contributed by atoms with Gasteiger partial charge in [-0.05, 0) is 31.5 Å². The van der Waals surface area contributed by atoms with Gasteiger partial charge in [-0.25, -0.2) is 0 Å². The molecule has 1 aromatic heterocycles. The average molecular weight is 529 g/mol. The van der Waals surface area contributed by atoms with E-state index in [0.717, 1.165) is 11.1 Å². The quantitative estimate of drug-likeness (QED) is 0.313. The number of hydrogen-bond acceptors (Lipinski definition) is 6. The molecule has 0 N–H and O–H groups in total. The summed E-state index contributed by atoms with van der Waals surface area (Å²) in [6.45, 7) is 6.73. The normalized spacial score (nSPS) is 15.3. The van der Waals surface area contributed by atoms with Crippen LogP contribution in [0.1, 0.15) is 25.0 Å². The minimum Gasteiger partial charge on any atom is -0.597 e. The van der Waals surface area contributed by atoms with Crippen molar-refractivity contribution >= 4 is 17.0 Å². The standard InChI is InChI=1S/C30H32N4O3S/c1-30(2,25-14-8-4-9-15-25)38(36)33-20-18-32(19-21-33)27-22-31-34(26-16-10-5-11-17-26)29(35)28(27)37-23-24-12-6-3-7-13-24/h3-17,22H,18-21,23H2,1-2H3. The summed E-state index contributed by atoms with van der Waals surface area (Å²) in [6, 6.07) is 29.1. The van der Waals surface area contributed by atoms with Crippen LogP contribution in [0, 0.1) is 0 Å². The zero-order chi connectivity index (χ0) is 26.5. The SMILES string of the molecule is CC(C)(c1ccccc1)[S+]([O-])N1CCN(c2cnn(-c3ccccc3)c(=O)c2OCc2ccccc2)CC1. The third kappa shape index (κ3) is 5.48. The highest BCUT2D eigenvalue weighted by molar-refractivity contribution is 7.90. The molecule has 0 aliphatic carbocycles. The van der Waals surface area contributed by atoms with Crippen molar-refractivity contribution in [1.29, 1.82) is 0 Å². The summed E-state index contributed by atoms with van der Waals surface area (Å²) in [4.78, 5) is 15.7. The van der Waals surface area contributed by atoms with E-state index in [9.17, 15) is 9.35 Å². The van der Waals surface area contributed by atoms with E-state index in [1.807, 2.05) is 109 Å². The molecule has 8 heteroatoms. The molecule has 1 aliphatic rings. The molecular formula is C30H32N4O3S. The summed E-state index contributed by atoms with van der Waals surface area (Å²) >= 11 is -1.21. The highest BCUT2D eigenvalue weighted by Crippen LogP contribution is 2.34. The Morgan fingerprint density at radius 3 is 2.08 bits per heavy atom. The minimum atomic E-state index is -1.21. The maximum absolute atomic E-state index is 13.6. The number of para-hydroxylation sites is 1. The first-order valence-corrected chi connectivity index (χ1v) is 13.9. The monoisotopic (exact) mass is 528 g/mol. The van der Waals surface area contributed by atoms with Crippen LogP contribution in [-0.4, -0.2) is 44.8 Å². The lowest BCUT2D eigenvalue weighted by Gasteiger charge is -2.40. The first kappa shape index (κ1) is 26.0. The molecule has 0 amide bonds. The second-order valence-electron chi connectivity index (χ2n) is 9.73. The summed E-state index contributed by atoms with van der Waals surface area (Å²) in [7, 11) is 0. The molecule has 1 unspecified atom stereocenters. The van der Waals surface area contributed by atoms with Crippen LogP contribution in [0.5, 0.6) is 5.75 Å². The lowest BCUT2D eigenvalue weighted by molar-refractivity contribution is 0.297. The van der Waals surface area contributed by atoms with Gasteiger partial charge in [-0.2, -0.15) is 9.78 Å². The molecule has 7 nitrogen and oxygen atoms in total. The Morgan fingerprint density at radius 1 is 0.868 bits per heavy atom. The molecule has 3 aromatic carbocycles. The molecule has 0 spiro atoms. The predicted octanol–water partition coefficient (Wildman–Crippen LogP) is 4.53. The largest absolute Gasteiger partial charge is 0.597 e. The van der Waals surface area contributed by atoms with Gasteiger partial charge >= 0.3 is 5.56 Å². The lowest BCUT2D eigenvalue weighted by atomic mass is 10.0. The topological polar surface area (TPSA) is 73.7 Å². The van der Waals surface area contributed by atoms with Gasteiger partial charge in [0.15, 0.2) is 4.75 Å². The fourth-order valence-corrected chi connectivity index (χ4v) is 6.11. The molecule has 1 saturated heterocycles. The van der Waals surface area contributed by atoms with Gasteiger partial charge in [-0.15, -0.1) is 4.31 Å². The van der Waals surface area contributed by atoms with Gasteiger partial charge < -0.3 is 14.2 Å². The highest BCUT2D eigenvalue weighted by Gasteiger charge is 2.40. The van der Waals surface area contributed by atoms with E-state index in [1.165, 1.54) is 4.68 Å². The first-order valence-electron chi connectivity index (χ1n) is 12.8. The summed E-state index contributed by atoms with van der Waals surface area (Å²) in [6.07, 6.45) is 1.70. The molecule has 0 radical (unpaired) electrons. The number of piperazine rings is 1. The summed E-state index contributed by atoms with van der Waals surface area (Å²) in [5.41, 5.74) is 3.05. The van der Waals surface area contributed by atoms with Crippen molar-refractivity contribution in [2.45, 2.75) is 25.2 Å². The van der Waals surface area contributed by atoms with Crippen LogP contribution in [0.25, 0.3) is 5.69 Å². The molecule has 1 atom stereocenters. The predicted molar refractivity (Wildman–Crippen MR) is 152 cm³/mol. The maximum Gasteiger partial charge on any atom is 0.316 e. The van der Waals surface area contributed by atoms with Gasteiger partial charge in [-0.3, -0.25) is 4.79 Å². The molecule has 4 aromatic rings. The molecule has 196 valence electrons. The number of ether oxygens (including phenoxy) is 1. The summed E-state index contributed by atoms with van der Waals surface area (Å²) in [5, 5.41) is 4.48. The Labute approximate surface area is 226 Å². The van der Waals surface area contributed by atoms with Crippen molar-refractivity contribution in [2.75, 3.05) is 31.1 Å². The maximum atomic E-state index is 13.6. The Bertz CT molecular complexity index is 1390. The Kier molecular flexibility index (Phi) is 7.83. The van der Waals surface area contributed by atoms with E-state index in [1.54, 1.807) is 6.20 Å². The molecule has 0 saturated carbocycles. The fourth-order valence-electron chi connectivity index (χ4n) is 4.63. The van der Waals surface area contributed by atoms with Gasteiger partial charge in [0.05, 0.1) is 36.3 Å². The van der Waals surface area contributed by atoms with Crippen molar-refractivity contribution in [1.82, 2.24) is 14.1 Å². The van der Waals surface area contributed by atoms with Crippen LogP contribution in [0.15, 0.2) is 102 Å². The van der Waals surface area contributed by atoms with Crippen LogP contribution >= 0.6 is 0 Å². The molecule has 38 heavy (non-hydrogen) atoms. The van der Waals surface area contributed by atoms with Crippen molar-refractivity contribution < 1.29 is 9.29 Å². The van der Waals surface area contributed by atoms with Gasteiger partial charge in [-0.1, -0.05) is 78.9 Å². The number of rotatable bonds is 8. The lowest BCUT2D eigenvalue weighted by Crippen LogP contribution is -2.53. The van der Waals surface area contributed by atoms with E-state index in [-0.39, 0.29) is 17.9 Å².